The van der Waals surface area contributed by atoms with Gasteiger partial charge in [-0.05, 0) is 24.1 Å². The number of hydrogen-bond donors (Lipinski definition) is 2. The number of sulfone groups is 1. The van der Waals surface area contributed by atoms with E-state index < -0.39 is 9.84 Å². The van der Waals surface area contributed by atoms with Crippen molar-refractivity contribution in [2.45, 2.75) is 44.0 Å². The first-order valence-electron chi connectivity index (χ1n) is 7.26. The van der Waals surface area contributed by atoms with Crippen molar-refractivity contribution in [3.05, 3.63) is 29.8 Å². The third-order valence-electron chi connectivity index (χ3n) is 3.12. The second-order valence-electron chi connectivity index (χ2n) is 5.11. The first kappa shape index (κ1) is 21.2. The van der Waals surface area contributed by atoms with Crippen molar-refractivity contribution in [3.63, 3.8) is 0 Å². The first-order chi connectivity index (χ1) is 9.93. The van der Waals surface area contributed by atoms with Crippen molar-refractivity contribution < 1.29 is 8.42 Å². The van der Waals surface area contributed by atoms with Crippen LogP contribution in [0, 0.1) is 0 Å². The first-order valence-corrected chi connectivity index (χ1v) is 9.15. The molecule has 0 spiro atoms. The molecule has 0 radical (unpaired) electrons. The molecule has 0 saturated carbocycles. The number of benzene rings is 1. The Balaban J connectivity index is 0.00000441. The van der Waals surface area contributed by atoms with Crippen LogP contribution in [0.15, 0.2) is 34.2 Å². The zero-order valence-electron chi connectivity index (χ0n) is 13.2. The number of aliphatic imine (C=N–C) groups is 1. The van der Waals surface area contributed by atoms with Gasteiger partial charge in [0.2, 0.25) is 0 Å². The van der Waals surface area contributed by atoms with Gasteiger partial charge in [0.1, 0.15) is 0 Å². The largest absolute Gasteiger partial charge is 0.370 e. The molecule has 1 rings (SSSR count). The standard InChI is InChI=1S/C15H25N3O2S.HI/c1-3-4-5-6-11-17-15(16)18-12-13-7-9-14(10-8-13)21(2,19)20;/h7-10H,3-6,11-12H2,1-2H3,(H3,16,17,18);1H. The number of nitrogens with two attached hydrogens (primary N) is 1. The average Bonchev–Trinajstić information content (AvgIpc) is 2.44. The maximum atomic E-state index is 11.3. The fourth-order valence-corrected chi connectivity index (χ4v) is 2.47. The minimum absolute atomic E-state index is 0. The summed E-state index contributed by atoms with van der Waals surface area (Å²) in [6.07, 6.45) is 5.94. The van der Waals surface area contributed by atoms with E-state index in [1.165, 1.54) is 25.5 Å². The molecule has 0 atom stereocenters. The summed E-state index contributed by atoms with van der Waals surface area (Å²) in [7, 11) is -3.14. The molecule has 0 fully saturated rings. The summed E-state index contributed by atoms with van der Waals surface area (Å²) in [5.41, 5.74) is 6.71. The summed E-state index contributed by atoms with van der Waals surface area (Å²) < 4.78 is 22.7. The highest BCUT2D eigenvalue weighted by Gasteiger charge is 2.05. The second kappa shape index (κ2) is 10.8. The minimum atomic E-state index is -3.14. The maximum absolute atomic E-state index is 11.3. The molecule has 0 heterocycles. The molecule has 0 bridgehead atoms. The lowest BCUT2D eigenvalue weighted by atomic mass is 10.2. The van der Waals surface area contributed by atoms with Crippen LogP contribution >= 0.6 is 24.0 Å². The van der Waals surface area contributed by atoms with Gasteiger partial charge in [-0.15, -0.1) is 24.0 Å². The Kier molecular flexibility index (Phi) is 10.4. The van der Waals surface area contributed by atoms with Gasteiger partial charge in [0.05, 0.1) is 11.4 Å². The van der Waals surface area contributed by atoms with E-state index in [-0.39, 0.29) is 24.0 Å². The lowest BCUT2D eigenvalue weighted by Crippen LogP contribution is -2.32. The third-order valence-corrected chi connectivity index (χ3v) is 4.25. The molecule has 0 unspecified atom stereocenters. The lowest BCUT2D eigenvalue weighted by molar-refractivity contribution is 0.602. The summed E-state index contributed by atoms with van der Waals surface area (Å²) in [5, 5.41) is 3.08. The topological polar surface area (TPSA) is 84.5 Å². The Hall–Kier alpha value is -0.830. The van der Waals surface area contributed by atoms with Gasteiger partial charge in [0.15, 0.2) is 15.8 Å². The van der Waals surface area contributed by atoms with Crippen molar-refractivity contribution in [3.8, 4) is 0 Å². The van der Waals surface area contributed by atoms with Crippen molar-refractivity contribution >= 4 is 39.8 Å². The molecule has 3 N–H and O–H groups in total. The molecule has 1 aromatic rings. The Morgan fingerprint density at radius 2 is 1.82 bits per heavy atom. The summed E-state index contributed by atoms with van der Waals surface area (Å²) in [6, 6.07) is 6.70. The Morgan fingerprint density at radius 1 is 1.18 bits per heavy atom. The highest BCUT2D eigenvalue weighted by molar-refractivity contribution is 14.0. The number of unbranched alkanes of at least 4 members (excludes halogenated alkanes) is 3. The van der Waals surface area contributed by atoms with E-state index in [4.69, 9.17) is 5.73 Å². The van der Waals surface area contributed by atoms with Crippen LogP contribution in [0.3, 0.4) is 0 Å². The molecule has 0 amide bonds. The van der Waals surface area contributed by atoms with E-state index in [1.807, 2.05) is 0 Å². The lowest BCUT2D eigenvalue weighted by Gasteiger charge is -2.05. The van der Waals surface area contributed by atoms with Gasteiger partial charge in [0.25, 0.3) is 0 Å². The third kappa shape index (κ3) is 8.57. The molecule has 1 aromatic carbocycles. The second-order valence-corrected chi connectivity index (χ2v) is 7.12. The molecule has 5 nitrogen and oxygen atoms in total. The van der Waals surface area contributed by atoms with Gasteiger partial charge < -0.3 is 11.1 Å². The number of rotatable bonds is 8. The van der Waals surface area contributed by atoms with Crippen LogP contribution in [-0.2, 0) is 16.4 Å². The van der Waals surface area contributed by atoms with Gasteiger partial charge in [-0.2, -0.15) is 0 Å². The van der Waals surface area contributed by atoms with Crippen molar-refractivity contribution in [1.29, 1.82) is 0 Å². The Labute approximate surface area is 150 Å². The highest BCUT2D eigenvalue weighted by atomic mass is 127. The van der Waals surface area contributed by atoms with Crippen LogP contribution in [0.5, 0.6) is 0 Å². The molecule has 0 saturated heterocycles. The van der Waals surface area contributed by atoms with Gasteiger partial charge >= 0.3 is 0 Å². The quantitative estimate of drug-likeness (QED) is 0.282. The van der Waals surface area contributed by atoms with Crippen LogP contribution in [0.1, 0.15) is 38.2 Å². The van der Waals surface area contributed by atoms with Crippen LogP contribution in [0.4, 0.5) is 0 Å². The molecule has 0 aliphatic heterocycles. The number of nitrogens with zero attached hydrogens (tertiary/aromatic N) is 1. The summed E-state index contributed by atoms with van der Waals surface area (Å²) >= 11 is 0. The van der Waals surface area contributed by atoms with Crippen LogP contribution in [0.25, 0.3) is 0 Å². The van der Waals surface area contributed by atoms with Crippen molar-refractivity contribution in [1.82, 2.24) is 5.32 Å². The minimum Gasteiger partial charge on any atom is -0.370 e. The number of halogens is 1. The van der Waals surface area contributed by atoms with E-state index in [0.29, 0.717) is 17.4 Å². The highest BCUT2D eigenvalue weighted by Crippen LogP contribution is 2.10. The van der Waals surface area contributed by atoms with Gasteiger partial charge in [-0.3, -0.25) is 0 Å². The van der Waals surface area contributed by atoms with Crippen LogP contribution in [-0.4, -0.2) is 27.2 Å². The molecular weight excluding hydrogens is 413 g/mol. The predicted molar refractivity (Wildman–Crippen MR) is 102 cm³/mol. The number of guanidine groups is 1. The average molecular weight is 439 g/mol. The number of hydrogen-bond acceptors (Lipinski definition) is 3. The SMILES string of the molecule is CCCCCCNC(N)=NCc1ccc(S(C)(=O)=O)cc1.I. The van der Waals surface area contributed by atoms with E-state index in [9.17, 15) is 8.42 Å². The monoisotopic (exact) mass is 439 g/mol. The van der Waals surface area contributed by atoms with Crippen LogP contribution in [0.2, 0.25) is 0 Å². The van der Waals surface area contributed by atoms with Crippen molar-refractivity contribution in [2.75, 3.05) is 12.8 Å². The summed E-state index contributed by atoms with van der Waals surface area (Å²) in [4.78, 5) is 4.55. The fraction of sp³-hybridized carbons (Fsp3) is 0.533. The Bertz CT molecular complexity index is 557. The van der Waals surface area contributed by atoms with E-state index >= 15 is 0 Å². The van der Waals surface area contributed by atoms with Gasteiger partial charge in [-0.25, -0.2) is 13.4 Å². The summed E-state index contributed by atoms with van der Waals surface area (Å²) in [5.74, 6) is 0.429. The molecule has 7 heteroatoms. The fourth-order valence-electron chi connectivity index (χ4n) is 1.84. The smallest absolute Gasteiger partial charge is 0.188 e. The summed E-state index contributed by atoms with van der Waals surface area (Å²) in [6.45, 7) is 3.46. The normalized spacial score (nSPS) is 11.8. The van der Waals surface area contributed by atoms with Crippen molar-refractivity contribution in [2.24, 2.45) is 10.7 Å². The molecule has 22 heavy (non-hydrogen) atoms. The van der Waals surface area contributed by atoms with Crippen LogP contribution < -0.4 is 11.1 Å². The zero-order valence-corrected chi connectivity index (χ0v) is 16.4. The number of nitrogens with one attached hydrogen (secondary N) is 1. The molecule has 126 valence electrons. The van der Waals surface area contributed by atoms with E-state index in [1.54, 1.807) is 24.3 Å². The molecular formula is C15H26IN3O2S. The molecule has 0 aromatic heterocycles. The zero-order chi connectivity index (χ0) is 15.7. The molecule has 0 aliphatic rings. The maximum Gasteiger partial charge on any atom is 0.188 e. The molecule has 0 aliphatic carbocycles. The van der Waals surface area contributed by atoms with E-state index in [0.717, 1.165) is 18.5 Å². The van der Waals surface area contributed by atoms with Gasteiger partial charge in [-0.1, -0.05) is 38.3 Å². The van der Waals surface area contributed by atoms with Gasteiger partial charge in [0, 0.05) is 12.8 Å². The Morgan fingerprint density at radius 3 is 2.36 bits per heavy atom. The van der Waals surface area contributed by atoms with E-state index in [2.05, 4.69) is 17.2 Å². The predicted octanol–water partition coefficient (Wildman–Crippen LogP) is 2.69.